The maximum absolute atomic E-state index is 13.9. The van der Waals surface area contributed by atoms with Crippen molar-refractivity contribution in [3.05, 3.63) is 58.6 Å². The standard InChI is InChI=1S/C23H23ClN4O4S/c1-14-8-6-9-17-20(14)27(12-7-13-32-19-11-5-4-10-18(19)24)21(31)23(17)28(16(3)30)26-22(33-23)25-15(2)29/h4-6,8-11H,7,12-13H2,1-3H3,(H,25,26,29)/t23-/m0/s1. The number of carbonyl (C=O) groups is 3. The van der Waals surface area contributed by atoms with Crippen LogP contribution in [0.4, 0.5) is 5.69 Å². The number of halogens is 1. The fraction of sp³-hybridized carbons (Fsp3) is 0.304. The van der Waals surface area contributed by atoms with Gasteiger partial charge in [-0.2, -0.15) is 5.01 Å². The number of nitrogens with one attached hydrogen (secondary N) is 1. The minimum absolute atomic E-state index is 0.211. The van der Waals surface area contributed by atoms with E-state index in [4.69, 9.17) is 16.3 Å². The molecular formula is C23H23ClN4O4S. The highest BCUT2D eigenvalue weighted by Gasteiger charge is 2.61. The van der Waals surface area contributed by atoms with Crippen LogP contribution < -0.4 is 15.0 Å². The Bertz CT molecular complexity index is 1170. The van der Waals surface area contributed by atoms with Gasteiger partial charge in [-0.25, -0.2) is 0 Å². The normalized spacial score (nSPS) is 19.0. The Hall–Kier alpha value is -3.04. The number of hydrogen-bond donors (Lipinski definition) is 1. The lowest BCUT2D eigenvalue weighted by atomic mass is 10.0. The summed E-state index contributed by atoms with van der Waals surface area (Å²) in [4.78, 5) is 38.3. The molecule has 0 bridgehead atoms. The van der Waals surface area contributed by atoms with E-state index in [9.17, 15) is 14.4 Å². The van der Waals surface area contributed by atoms with Crippen molar-refractivity contribution >= 4 is 51.9 Å². The second-order valence-corrected chi connectivity index (χ2v) is 9.31. The monoisotopic (exact) mass is 486 g/mol. The number of carbonyl (C=O) groups excluding carboxylic acids is 3. The van der Waals surface area contributed by atoms with Crippen molar-refractivity contribution in [3.8, 4) is 5.75 Å². The third-order valence-corrected chi connectivity index (χ3v) is 6.89. The van der Waals surface area contributed by atoms with E-state index in [1.807, 2.05) is 37.3 Å². The van der Waals surface area contributed by atoms with Crippen LogP contribution in [0.15, 0.2) is 47.6 Å². The van der Waals surface area contributed by atoms with E-state index in [0.29, 0.717) is 35.9 Å². The third-order valence-electron chi connectivity index (χ3n) is 5.34. The number of anilines is 1. The highest BCUT2D eigenvalue weighted by atomic mass is 35.5. The number of nitrogens with zero attached hydrogens (tertiary/aromatic N) is 3. The first-order valence-electron chi connectivity index (χ1n) is 10.4. The molecule has 2 heterocycles. The van der Waals surface area contributed by atoms with E-state index in [-0.39, 0.29) is 17.0 Å². The summed E-state index contributed by atoms with van der Waals surface area (Å²) in [5.74, 6) is -0.422. The Morgan fingerprint density at radius 3 is 2.64 bits per heavy atom. The molecule has 0 fully saturated rings. The number of amides is 3. The van der Waals surface area contributed by atoms with Crippen molar-refractivity contribution in [2.45, 2.75) is 32.1 Å². The van der Waals surface area contributed by atoms with Gasteiger partial charge in [0.05, 0.1) is 17.3 Å². The zero-order valence-corrected chi connectivity index (χ0v) is 20.0. The van der Waals surface area contributed by atoms with Gasteiger partial charge in [-0.05, 0) is 42.8 Å². The number of hydrogen-bond acceptors (Lipinski definition) is 6. The van der Waals surface area contributed by atoms with Crippen LogP contribution in [-0.4, -0.2) is 41.0 Å². The summed E-state index contributed by atoms with van der Waals surface area (Å²) in [5.41, 5.74) is 2.32. The first kappa shape index (κ1) is 23.1. The minimum Gasteiger partial charge on any atom is -0.492 e. The largest absolute Gasteiger partial charge is 0.492 e. The maximum Gasteiger partial charge on any atom is 0.270 e. The van der Waals surface area contributed by atoms with Gasteiger partial charge in [0.15, 0.2) is 5.17 Å². The fourth-order valence-electron chi connectivity index (χ4n) is 4.03. The first-order chi connectivity index (χ1) is 15.8. The molecule has 0 saturated carbocycles. The zero-order chi connectivity index (χ0) is 23.8. The molecule has 3 amide bonds. The molecule has 8 nitrogen and oxygen atoms in total. The Morgan fingerprint density at radius 1 is 1.18 bits per heavy atom. The van der Waals surface area contributed by atoms with Crippen LogP contribution >= 0.6 is 23.4 Å². The Balaban J connectivity index is 1.61. The highest BCUT2D eigenvalue weighted by Crippen LogP contribution is 2.55. The Labute approximate surface area is 200 Å². The number of rotatable bonds is 5. The van der Waals surface area contributed by atoms with E-state index in [0.717, 1.165) is 23.0 Å². The second kappa shape index (κ2) is 9.07. The first-order valence-corrected chi connectivity index (χ1v) is 11.6. The topological polar surface area (TPSA) is 91.3 Å². The fourth-order valence-corrected chi connectivity index (χ4v) is 5.55. The molecule has 10 heteroatoms. The second-order valence-electron chi connectivity index (χ2n) is 7.72. The van der Waals surface area contributed by atoms with Crippen LogP contribution in [0.5, 0.6) is 5.75 Å². The van der Waals surface area contributed by atoms with Crippen molar-refractivity contribution in [1.29, 1.82) is 0 Å². The number of amidine groups is 1. The molecule has 4 rings (SSSR count). The summed E-state index contributed by atoms with van der Waals surface area (Å²) in [7, 11) is 0. The smallest absolute Gasteiger partial charge is 0.270 e. The number of hydrazone groups is 1. The van der Waals surface area contributed by atoms with Crippen molar-refractivity contribution in [2.75, 3.05) is 18.1 Å². The van der Waals surface area contributed by atoms with Crippen molar-refractivity contribution in [2.24, 2.45) is 5.10 Å². The van der Waals surface area contributed by atoms with Gasteiger partial charge < -0.3 is 15.0 Å². The highest BCUT2D eigenvalue weighted by molar-refractivity contribution is 8.15. The van der Waals surface area contributed by atoms with Crippen molar-refractivity contribution < 1.29 is 19.1 Å². The van der Waals surface area contributed by atoms with Crippen LogP contribution in [0.25, 0.3) is 0 Å². The molecule has 2 aromatic carbocycles. The average molecular weight is 487 g/mol. The van der Waals surface area contributed by atoms with Crippen LogP contribution in [0.2, 0.25) is 5.02 Å². The predicted molar refractivity (Wildman–Crippen MR) is 128 cm³/mol. The van der Waals surface area contributed by atoms with Gasteiger partial charge in [-0.3, -0.25) is 14.4 Å². The molecule has 2 aromatic rings. The summed E-state index contributed by atoms with van der Waals surface area (Å²) < 4.78 is 5.78. The summed E-state index contributed by atoms with van der Waals surface area (Å²) in [6.07, 6.45) is 0.547. The molecule has 0 unspecified atom stereocenters. The summed E-state index contributed by atoms with van der Waals surface area (Å²) >= 11 is 7.22. The summed E-state index contributed by atoms with van der Waals surface area (Å²) in [6, 6.07) is 12.8. The van der Waals surface area contributed by atoms with Gasteiger partial charge in [-0.1, -0.05) is 41.9 Å². The van der Waals surface area contributed by atoms with Crippen LogP contribution in [0.3, 0.4) is 0 Å². The number of para-hydroxylation sites is 2. The number of fused-ring (bicyclic) bond motifs is 2. The van der Waals surface area contributed by atoms with E-state index in [1.54, 1.807) is 17.0 Å². The lowest BCUT2D eigenvalue weighted by molar-refractivity contribution is -0.139. The van der Waals surface area contributed by atoms with Crippen molar-refractivity contribution in [3.63, 3.8) is 0 Å². The van der Waals surface area contributed by atoms with Gasteiger partial charge >= 0.3 is 0 Å². The van der Waals surface area contributed by atoms with Gasteiger partial charge in [0.2, 0.25) is 16.7 Å². The quantitative estimate of drug-likeness (QED) is 0.652. The van der Waals surface area contributed by atoms with Crippen molar-refractivity contribution in [1.82, 2.24) is 10.3 Å². The van der Waals surface area contributed by atoms with E-state index in [1.165, 1.54) is 18.9 Å². The molecule has 1 N–H and O–H groups in total. The number of aryl methyl sites for hydroxylation is 1. The van der Waals surface area contributed by atoms with Crippen LogP contribution in [0.1, 0.15) is 31.4 Å². The van der Waals surface area contributed by atoms with E-state index < -0.39 is 10.8 Å². The number of benzene rings is 2. The van der Waals surface area contributed by atoms with Gasteiger partial charge in [0, 0.05) is 26.0 Å². The Morgan fingerprint density at radius 2 is 1.94 bits per heavy atom. The molecule has 0 aromatic heterocycles. The number of thioether (sulfide) groups is 1. The molecule has 2 aliphatic rings. The Kier molecular flexibility index (Phi) is 6.36. The maximum atomic E-state index is 13.9. The van der Waals surface area contributed by atoms with E-state index >= 15 is 0 Å². The average Bonchev–Trinajstić information content (AvgIpc) is 3.25. The summed E-state index contributed by atoms with van der Waals surface area (Å²) in [5, 5.41) is 8.78. The molecule has 33 heavy (non-hydrogen) atoms. The molecule has 0 saturated heterocycles. The summed E-state index contributed by atoms with van der Waals surface area (Å²) in [6.45, 7) is 5.37. The lowest BCUT2D eigenvalue weighted by Crippen LogP contribution is -2.48. The van der Waals surface area contributed by atoms with Crippen LogP contribution in [-0.2, 0) is 19.3 Å². The van der Waals surface area contributed by atoms with Crippen LogP contribution in [0, 0.1) is 6.92 Å². The lowest BCUT2D eigenvalue weighted by Gasteiger charge is -2.29. The minimum atomic E-state index is -1.39. The van der Waals surface area contributed by atoms with Gasteiger partial charge in [0.1, 0.15) is 5.75 Å². The molecule has 172 valence electrons. The van der Waals surface area contributed by atoms with Gasteiger partial charge in [0.25, 0.3) is 5.91 Å². The zero-order valence-electron chi connectivity index (χ0n) is 18.4. The molecular weight excluding hydrogens is 464 g/mol. The molecule has 1 spiro atoms. The number of ether oxygens (including phenoxy) is 1. The third kappa shape index (κ3) is 4.06. The molecule has 2 aliphatic heterocycles. The molecule has 0 radical (unpaired) electrons. The SMILES string of the molecule is CC(=O)NC1=NN(C(C)=O)[C@@]2(S1)C(=O)N(CCCOc1ccccc1Cl)c1c(C)cccc12. The van der Waals surface area contributed by atoms with Gasteiger partial charge in [-0.15, -0.1) is 5.10 Å². The predicted octanol–water partition coefficient (Wildman–Crippen LogP) is 3.62. The van der Waals surface area contributed by atoms with E-state index in [2.05, 4.69) is 10.4 Å². The molecule has 1 atom stereocenters. The molecule has 0 aliphatic carbocycles.